The lowest BCUT2D eigenvalue weighted by Crippen LogP contribution is -2.43. The first-order valence-corrected chi connectivity index (χ1v) is 7.40. The number of anilines is 2. The average molecular weight is 312 g/mol. The molecule has 3 rings (SSSR count). The van der Waals surface area contributed by atoms with Crippen LogP contribution >= 0.6 is 0 Å². The molecule has 0 aliphatic carbocycles. The Kier molecular flexibility index (Phi) is 3.86. The second-order valence-corrected chi connectivity index (χ2v) is 5.72. The van der Waals surface area contributed by atoms with Crippen molar-refractivity contribution in [1.82, 2.24) is 0 Å². The molecule has 0 unspecified atom stereocenters. The molecule has 0 fully saturated rings. The van der Waals surface area contributed by atoms with Crippen molar-refractivity contribution in [3.63, 3.8) is 0 Å². The zero-order valence-corrected chi connectivity index (χ0v) is 13.0. The molecule has 0 saturated carbocycles. The van der Waals surface area contributed by atoms with E-state index in [2.05, 4.69) is 5.32 Å². The van der Waals surface area contributed by atoms with E-state index in [1.807, 2.05) is 26.0 Å². The Hall–Kier alpha value is -2.69. The summed E-state index contributed by atoms with van der Waals surface area (Å²) in [5.74, 6) is -0.767. The van der Waals surface area contributed by atoms with E-state index in [4.69, 9.17) is 0 Å². The van der Waals surface area contributed by atoms with Gasteiger partial charge in [0.25, 0.3) is 0 Å². The first-order valence-electron chi connectivity index (χ1n) is 7.40. The fraction of sp³-hybridized carbons (Fsp3) is 0.222. The summed E-state index contributed by atoms with van der Waals surface area (Å²) >= 11 is 0. The summed E-state index contributed by atoms with van der Waals surface area (Å²) in [7, 11) is 0. The van der Waals surface area contributed by atoms with Crippen LogP contribution in [0.5, 0.6) is 0 Å². The predicted molar refractivity (Wildman–Crippen MR) is 87.5 cm³/mol. The van der Waals surface area contributed by atoms with Gasteiger partial charge in [-0.3, -0.25) is 9.59 Å². The highest BCUT2D eigenvalue weighted by molar-refractivity contribution is 6.09. The van der Waals surface area contributed by atoms with Gasteiger partial charge in [-0.15, -0.1) is 0 Å². The lowest BCUT2D eigenvalue weighted by Gasteiger charge is -2.30. The Labute approximate surface area is 133 Å². The van der Waals surface area contributed by atoms with Gasteiger partial charge in [0, 0.05) is 5.56 Å². The first kappa shape index (κ1) is 15.2. The van der Waals surface area contributed by atoms with Crippen LogP contribution in [0.1, 0.15) is 21.5 Å². The number of amides is 1. The number of ketones is 1. The normalized spacial score (nSPS) is 13.5. The molecule has 2 aromatic rings. The number of Topliss-reactive ketones (excluding diaryl/α,β-unsaturated/α-hetero) is 1. The SMILES string of the molecule is Cc1cc2c(cc1C)N(CC(=O)c1ccc(F)cc1)C(=O)CN2. The van der Waals surface area contributed by atoms with Crippen LogP contribution in [0, 0.1) is 19.7 Å². The lowest BCUT2D eigenvalue weighted by molar-refractivity contribution is -0.117. The van der Waals surface area contributed by atoms with E-state index in [1.165, 1.54) is 29.2 Å². The van der Waals surface area contributed by atoms with E-state index in [0.29, 0.717) is 11.3 Å². The van der Waals surface area contributed by atoms with Gasteiger partial charge in [0.1, 0.15) is 5.82 Å². The van der Waals surface area contributed by atoms with Gasteiger partial charge in [0.15, 0.2) is 5.78 Å². The minimum atomic E-state index is -0.392. The Morgan fingerprint density at radius 1 is 1.17 bits per heavy atom. The summed E-state index contributed by atoms with van der Waals surface area (Å²) in [6.07, 6.45) is 0. The van der Waals surface area contributed by atoms with Gasteiger partial charge in [-0.25, -0.2) is 4.39 Å². The average Bonchev–Trinajstić information content (AvgIpc) is 2.52. The topological polar surface area (TPSA) is 49.4 Å². The summed E-state index contributed by atoms with van der Waals surface area (Å²) in [4.78, 5) is 26.1. The maximum Gasteiger partial charge on any atom is 0.246 e. The number of nitrogens with one attached hydrogen (secondary N) is 1. The Morgan fingerprint density at radius 2 is 1.83 bits per heavy atom. The van der Waals surface area contributed by atoms with Gasteiger partial charge >= 0.3 is 0 Å². The highest BCUT2D eigenvalue weighted by Crippen LogP contribution is 2.32. The molecule has 1 heterocycles. The number of nitrogens with zero attached hydrogens (tertiary/aromatic N) is 1. The van der Waals surface area contributed by atoms with Crippen LogP contribution in [0.4, 0.5) is 15.8 Å². The molecule has 0 atom stereocenters. The van der Waals surface area contributed by atoms with Crippen molar-refractivity contribution >= 4 is 23.1 Å². The maximum absolute atomic E-state index is 13.0. The molecule has 0 aromatic heterocycles. The van der Waals surface area contributed by atoms with E-state index < -0.39 is 5.82 Å². The fourth-order valence-corrected chi connectivity index (χ4v) is 2.61. The molecule has 23 heavy (non-hydrogen) atoms. The molecule has 1 aliphatic rings. The molecular formula is C18H17FN2O2. The molecule has 4 nitrogen and oxygen atoms in total. The van der Waals surface area contributed by atoms with Crippen LogP contribution < -0.4 is 10.2 Å². The van der Waals surface area contributed by atoms with Crippen LogP contribution in [0.25, 0.3) is 0 Å². The third-order valence-corrected chi connectivity index (χ3v) is 4.10. The summed E-state index contributed by atoms with van der Waals surface area (Å²) < 4.78 is 13.0. The van der Waals surface area contributed by atoms with Crippen molar-refractivity contribution in [3.05, 3.63) is 58.9 Å². The fourth-order valence-electron chi connectivity index (χ4n) is 2.61. The number of rotatable bonds is 3. The van der Waals surface area contributed by atoms with Crippen LogP contribution in [0.3, 0.4) is 0 Å². The van der Waals surface area contributed by atoms with Crippen LogP contribution in [0.2, 0.25) is 0 Å². The minimum absolute atomic E-state index is 0.0539. The van der Waals surface area contributed by atoms with Crippen molar-refractivity contribution in [3.8, 4) is 0 Å². The van der Waals surface area contributed by atoms with Crippen molar-refractivity contribution in [2.24, 2.45) is 0 Å². The van der Waals surface area contributed by atoms with E-state index in [0.717, 1.165) is 16.8 Å². The highest BCUT2D eigenvalue weighted by atomic mass is 19.1. The zero-order chi connectivity index (χ0) is 16.6. The third-order valence-electron chi connectivity index (χ3n) is 4.10. The number of halogens is 1. The summed E-state index contributed by atoms with van der Waals surface area (Å²) in [5, 5.41) is 3.08. The number of benzene rings is 2. The van der Waals surface area contributed by atoms with Crippen LogP contribution in [-0.2, 0) is 4.79 Å². The molecule has 0 radical (unpaired) electrons. The standard InChI is InChI=1S/C18H17FN2O2/c1-11-7-15-16(8-12(11)2)21(18(23)9-20-15)10-17(22)13-3-5-14(19)6-4-13/h3-8,20H,9-10H2,1-2H3. The number of fused-ring (bicyclic) bond motifs is 1. The molecule has 1 aliphatic heterocycles. The molecule has 0 saturated heterocycles. The van der Waals surface area contributed by atoms with Crippen LogP contribution in [0.15, 0.2) is 36.4 Å². The zero-order valence-electron chi connectivity index (χ0n) is 13.0. The van der Waals surface area contributed by atoms with Gasteiger partial charge in [-0.2, -0.15) is 0 Å². The summed E-state index contributed by atoms with van der Waals surface area (Å²) in [6, 6.07) is 9.25. The highest BCUT2D eigenvalue weighted by Gasteiger charge is 2.26. The van der Waals surface area contributed by atoms with E-state index >= 15 is 0 Å². The third kappa shape index (κ3) is 2.95. The molecule has 0 spiro atoms. The number of carbonyl (C=O) groups is 2. The largest absolute Gasteiger partial charge is 0.374 e. The summed E-state index contributed by atoms with van der Waals surface area (Å²) in [6.45, 7) is 4.07. The van der Waals surface area contributed by atoms with E-state index in [1.54, 1.807) is 0 Å². The van der Waals surface area contributed by atoms with Gasteiger partial charge in [-0.1, -0.05) is 0 Å². The van der Waals surface area contributed by atoms with Gasteiger partial charge in [0.2, 0.25) is 5.91 Å². The first-order chi connectivity index (χ1) is 11.0. The Bertz CT molecular complexity index is 784. The van der Waals surface area contributed by atoms with E-state index in [-0.39, 0.29) is 24.8 Å². The second-order valence-electron chi connectivity index (χ2n) is 5.72. The Morgan fingerprint density at radius 3 is 2.52 bits per heavy atom. The quantitative estimate of drug-likeness (QED) is 0.886. The maximum atomic E-state index is 13.0. The molecule has 5 heteroatoms. The molecule has 1 amide bonds. The predicted octanol–water partition coefficient (Wildman–Crippen LogP) is 3.08. The van der Waals surface area contributed by atoms with Gasteiger partial charge in [-0.05, 0) is 61.4 Å². The number of aryl methyl sites for hydroxylation is 2. The Balaban J connectivity index is 1.91. The van der Waals surface area contributed by atoms with Gasteiger partial charge < -0.3 is 10.2 Å². The number of carbonyl (C=O) groups excluding carboxylic acids is 2. The smallest absolute Gasteiger partial charge is 0.246 e. The monoisotopic (exact) mass is 312 g/mol. The van der Waals surface area contributed by atoms with Crippen molar-refractivity contribution in [1.29, 1.82) is 0 Å². The molecule has 2 aromatic carbocycles. The van der Waals surface area contributed by atoms with Crippen molar-refractivity contribution in [2.45, 2.75) is 13.8 Å². The lowest BCUT2D eigenvalue weighted by atomic mass is 10.0. The second kappa shape index (κ2) is 5.83. The van der Waals surface area contributed by atoms with Crippen molar-refractivity contribution < 1.29 is 14.0 Å². The van der Waals surface area contributed by atoms with Crippen molar-refractivity contribution in [2.75, 3.05) is 23.3 Å². The minimum Gasteiger partial charge on any atom is -0.374 e. The summed E-state index contributed by atoms with van der Waals surface area (Å²) in [5.41, 5.74) is 4.12. The molecular weight excluding hydrogens is 295 g/mol. The number of hydrogen-bond donors (Lipinski definition) is 1. The van der Waals surface area contributed by atoms with E-state index in [9.17, 15) is 14.0 Å². The molecule has 118 valence electrons. The number of hydrogen-bond acceptors (Lipinski definition) is 3. The molecule has 0 bridgehead atoms. The van der Waals surface area contributed by atoms with Gasteiger partial charge in [0.05, 0.1) is 24.5 Å². The molecule has 1 N–H and O–H groups in total. The van der Waals surface area contributed by atoms with Crippen LogP contribution in [-0.4, -0.2) is 24.8 Å².